The van der Waals surface area contributed by atoms with Crippen LogP contribution in [0.4, 0.5) is 5.69 Å². The molecule has 1 heterocycles. The molecule has 1 saturated heterocycles. The summed E-state index contributed by atoms with van der Waals surface area (Å²) in [5, 5.41) is 8.96. The molecule has 1 aliphatic rings. The number of benzene rings is 1. The Balaban J connectivity index is 0.00000242. The van der Waals surface area contributed by atoms with Gasteiger partial charge in [0, 0.05) is 23.8 Å². The van der Waals surface area contributed by atoms with Crippen LogP contribution >= 0.6 is 12.4 Å². The Bertz CT molecular complexity index is 523. The summed E-state index contributed by atoms with van der Waals surface area (Å²) in [4.78, 5) is 24.1. The Morgan fingerprint density at radius 2 is 1.86 bits per heavy atom. The lowest BCUT2D eigenvalue weighted by atomic mass is 9.89. The molecule has 1 unspecified atom stereocenters. The Morgan fingerprint density at radius 3 is 2.36 bits per heavy atom. The summed E-state index contributed by atoms with van der Waals surface area (Å²) in [5.74, 6) is -0.0817. The van der Waals surface area contributed by atoms with Gasteiger partial charge in [0.05, 0.1) is 5.41 Å². The lowest BCUT2D eigenvalue weighted by Crippen LogP contribution is -2.35. The third kappa shape index (κ3) is 4.45. The third-order valence-corrected chi connectivity index (χ3v) is 3.74. The molecule has 1 atom stereocenters. The Morgan fingerprint density at radius 1 is 1.23 bits per heavy atom. The minimum Gasteiger partial charge on any atom is -0.350 e. The van der Waals surface area contributed by atoms with Crippen LogP contribution in [0.15, 0.2) is 24.3 Å². The number of rotatable bonds is 4. The van der Waals surface area contributed by atoms with E-state index in [0.29, 0.717) is 17.8 Å². The SMILES string of the molecule is CC(C)NC(=O)c1ccc(NC(=O)C2(C)CCNC2)cc1.Cl. The average molecular weight is 326 g/mol. The lowest BCUT2D eigenvalue weighted by molar-refractivity contribution is -0.123. The molecule has 0 aromatic heterocycles. The average Bonchev–Trinajstić information content (AvgIpc) is 2.87. The summed E-state index contributed by atoms with van der Waals surface area (Å²) in [6, 6.07) is 7.08. The molecule has 0 aliphatic carbocycles. The number of nitrogens with one attached hydrogen (secondary N) is 3. The minimum atomic E-state index is -0.353. The van der Waals surface area contributed by atoms with Gasteiger partial charge in [-0.2, -0.15) is 0 Å². The summed E-state index contributed by atoms with van der Waals surface area (Å²) in [7, 11) is 0. The molecule has 1 aromatic carbocycles. The highest BCUT2D eigenvalue weighted by Gasteiger charge is 2.36. The molecule has 5 nitrogen and oxygen atoms in total. The zero-order chi connectivity index (χ0) is 15.5. The number of amides is 2. The number of anilines is 1. The van der Waals surface area contributed by atoms with Gasteiger partial charge in [0.25, 0.3) is 5.91 Å². The normalized spacial score (nSPS) is 20.4. The molecule has 3 N–H and O–H groups in total. The van der Waals surface area contributed by atoms with Crippen LogP contribution < -0.4 is 16.0 Å². The van der Waals surface area contributed by atoms with Crippen LogP contribution in [0.5, 0.6) is 0 Å². The number of carbonyl (C=O) groups is 2. The van der Waals surface area contributed by atoms with E-state index in [9.17, 15) is 9.59 Å². The number of hydrogen-bond donors (Lipinski definition) is 3. The molecule has 0 saturated carbocycles. The monoisotopic (exact) mass is 325 g/mol. The van der Waals surface area contributed by atoms with Gasteiger partial charge >= 0.3 is 0 Å². The molecule has 0 radical (unpaired) electrons. The summed E-state index contributed by atoms with van der Waals surface area (Å²) < 4.78 is 0. The molecule has 1 aromatic rings. The first-order chi connectivity index (χ1) is 9.90. The zero-order valence-electron chi connectivity index (χ0n) is 13.2. The Labute approximate surface area is 137 Å². The molecule has 2 amide bonds. The molecule has 1 aliphatic heterocycles. The smallest absolute Gasteiger partial charge is 0.251 e. The van der Waals surface area contributed by atoms with E-state index in [1.54, 1.807) is 24.3 Å². The quantitative estimate of drug-likeness (QED) is 0.794. The van der Waals surface area contributed by atoms with Crippen LogP contribution in [-0.4, -0.2) is 30.9 Å². The van der Waals surface area contributed by atoms with Crippen LogP contribution in [0.3, 0.4) is 0 Å². The van der Waals surface area contributed by atoms with Crippen LogP contribution in [0.2, 0.25) is 0 Å². The fourth-order valence-electron chi connectivity index (χ4n) is 2.34. The summed E-state index contributed by atoms with van der Waals surface area (Å²) in [5.41, 5.74) is 0.956. The fraction of sp³-hybridized carbons (Fsp3) is 0.500. The van der Waals surface area contributed by atoms with Gasteiger partial charge in [-0.15, -0.1) is 12.4 Å². The van der Waals surface area contributed by atoms with Crippen molar-refractivity contribution in [2.45, 2.75) is 33.2 Å². The van der Waals surface area contributed by atoms with E-state index in [0.717, 1.165) is 13.0 Å². The highest BCUT2D eigenvalue weighted by atomic mass is 35.5. The highest BCUT2D eigenvalue weighted by Crippen LogP contribution is 2.26. The highest BCUT2D eigenvalue weighted by molar-refractivity contribution is 5.97. The second-order valence-electron chi connectivity index (χ2n) is 6.15. The number of hydrogen-bond acceptors (Lipinski definition) is 3. The molecule has 6 heteroatoms. The van der Waals surface area contributed by atoms with E-state index in [-0.39, 0.29) is 35.7 Å². The van der Waals surface area contributed by atoms with E-state index in [2.05, 4.69) is 16.0 Å². The third-order valence-electron chi connectivity index (χ3n) is 3.74. The predicted molar refractivity (Wildman–Crippen MR) is 90.5 cm³/mol. The van der Waals surface area contributed by atoms with Crippen LogP contribution in [0.1, 0.15) is 37.6 Å². The van der Waals surface area contributed by atoms with Gasteiger partial charge in [-0.3, -0.25) is 9.59 Å². The van der Waals surface area contributed by atoms with Gasteiger partial charge < -0.3 is 16.0 Å². The van der Waals surface area contributed by atoms with E-state index >= 15 is 0 Å². The second kappa shape index (κ2) is 7.61. The molecular weight excluding hydrogens is 302 g/mol. The first-order valence-corrected chi connectivity index (χ1v) is 7.34. The van der Waals surface area contributed by atoms with E-state index in [1.807, 2.05) is 20.8 Å². The van der Waals surface area contributed by atoms with E-state index in [1.165, 1.54) is 0 Å². The number of carbonyl (C=O) groups excluding carboxylic acids is 2. The van der Waals surface area contributed by atoms with Crippen LogP contribution in [-0.2, 0) is 4.79 Å². The maximum absolute atomic E-state index is 12.3. The maximum atomic E-state index is 12.3. The number of halogens is 1. The van der Waals surface area contributed by atoms with Gasteiger partial charge in [-0.1, -0.05) is 0 Å². The van der Waals surface area contributed by atoms with Gasteiger partial charge in [-0.05, 0) is 58.0 Å². The van der Waals surface area contributed by atoms with Crippen LogP contribution in [0, 0.1) is 5.41 Å². The summed E-state index contributed by atoms with van der Waals surface area (Å²) >= 11 is 0. The van der Waals surface area contributed by atoms with Crippen molar-refractivity contribution in [1.29, 1.82) is 0 Å². The van der Waals surface area contributed by atoms with Crippen molar-refractivity contribution in [2.24, 2.45) is 5.41 Å². The molecule has 2 rings (SSSR count). The van der Waals surface area contributed by atoms with Crippen molar-refractivity contribution < 1.29 is 9.59 Å². The predicted octanol–water partition coefficient (Wildman–Crippen LogP) is 2.18. The van der Waals surface area contributed by atoms with Crippen LogP contribution in [0.25, 0.3) is 0 Å². The van der Waals surface area contributed by atoms with E-state index < -0.39 is 0 Å². The molecule has 0 bridgehead atoms. The lowest BCUT2D eigenvalue weighted by Gasteiger charge is -2.21. The molecule has 1 fully saturated rings. The first-order valence-electron chi connectivity index (χ1n) is 7.34. The largest absolute Gasteiger partial charge is 0.350 e. The molecule has 0 spiro atoms. The zero-order valence-corrected chi connectivity index (χ0v) is 14.0. The van der Waals surface area contributed by atoms with Crippen molar-refractivity contribution in [1.82, 2.24) is 10.6 Å². The first kappa shape index (κ1) is 18.5. The van der Waals surface area contributed by atoms with Crippen molar-refractivity contribution in [3.05, 3.63) is 29.8 Å². The second-order valence-corrected chi connectivity index (χ2v) is 6.15. The van der Waals surface area contributed by atoms with Gasteiger partial charge in [-0.25, -0.2) is 0 Å². The standard InChI is InChI=1S/C16H23N3O2.ClH/c1-11(2)18-14(20)12-4-6-13(7-5-12)19-15(21)16(3)8-9-17-10-16;/h4-7,11,17H,8-10H2,1-3H3,(H,18,20)(H,19,21);1H. The molecule has 22 heavy (non-hydrogen) atoms. The Hall–Kier alpha value is -1.59. The summed E-state index contributed by atoms with van der Waals surface area (Å²) in [6.07, 6.45) is 0.841. The molecule has 122 valence electrons. The fourth-order valence-corrected chi connectivity index (χ4v) is 2.34. The summed E-state index contributed by atoms with van der Waals surface area (Å²) in [6.45, 7) is 7.38. The van der Waals surface area contributed by atoms with E-state index in [4.69, 9.17) is 0 Å². The minimum absolute atomic E-state index is 0. The van der Waals surface area contributed by atoms with Gasteiger partial charge in [0.2, 0.25) is 5.91 Å². The van der Waals surface area contributed by atoms with Crippen molar-refractivity contribution in [3.63, 3.8) is 0 Å². The molecular formula is C16H24ClN3O2. The van der Waals surface area contributed by atoms with Crippen molar-refractivity contribution in [3.8, 4) is 0 Å². The Kier molecular flexibility index (Phi) is 6.38. The van der Waals surface area contributed by atoms with Gasteiger partial charge in [0.1, 0.15) is 0 Å². The van der Waals surface area contributed by atoms with Crippen molar-refractivity contribution in [2.75, 3.05) is 18.4 Å². The van der Waals surface area contributed by atoms with Crippen molar-refractivity contribution >= 4 is 29.9 Å². The maximum Gasteiger partial charge on any atom is 0.251 e. The van der Waals surface area contributed by atoms with Gasteiger partial charge in [0.15, 0.2) is 0 Å². The topological polar surface area (TPSA) is 70.2 Å².